The molecule has 8 heteroatoms. The summed E-state index contributed by atoms with van der Waals surface area (Å²) in [5.41, 5.74) is -0.212. The topological polar surface area (TPSA) is 99.0 Å². The van der Waals surface area contributed by atoms with Gasteiger partial charge >= 0.3 is 11.7 Å². The number of nitrogens with one attached hydrogen (secondary N) is 1. The molecule has 1 aliphatic carbocycles. The van der Waals surface area contributed by atoms with Crippen LogP contribution in [0.4, 0.5) is 0 Å². The van der Waals surface area contributed by atoms with E-state index < -0.39 is 11.2 Å². The van der Waals surface area contributed by atoms with E-state index in [0.717, 1.165) is 19.3 Å². The number of unbranched alkanes of at least 4 members (excludes halogenated alkanes) is 1. The number of aryl methyl sites for hydroxylation is 2. The highest BCUT2D eigenvalue weighted by Gasteiger charge is 2.40. The summed E-state index contributed by atoms with van der Waals surface area (Å²) in [5.74, 6) is 0.616. The maximum Gasteiger partial charge on any atom is 0.330 e. The van der Waals surface area contributed by atoms with Gasteiger partial charge in [-0.3, -0.25) is 19.1 Å². The molecule has 136 valence electrons. The first-order chi connectivity index (χ1) is 12.0. The Kier molecular flexibility index (Phi) is 4.78. The highest BCUT2D eigenvalue weighted by atomic mass is 16.5. The number of ether oxygens (including phenoxy) is 1. The van der Waals surface area contributed by atoms with Crippen molar-refractivity contribution in [3.8, 4) is 0 Å². The molecule has 2 aromatic rings. The number of aromatic amines is 1. The van der Waals surface area contributed by atoms with Crippen LogP contribution in [0.15, 0.2) is 9.59 Å². The Morgan fingerprint density at radius 1 is 1.32 bits per heavy atom. The fraction of sp³-hybridized carbons (Fsp3) is 0.647. The van der Waals surface area contributed by atoms with Gasteiger partial charge in [-0.1, -0.05) is 20.3 Å². The average Bonchev–Trinajstić information content (AvgIpc) is 3.19. The number of nitrogens with zero attached hydrogens (tertiary/aromatic N) is 3. The Morgan fingerprint density at radius 2 is 2.04 bits per heavy atom. The summed E-state index contributed by atoms with van der Waals surface area (Å²) in [7, 11) is 0. The van der Waals surface area contributed by atoms with Crippen LogP contribution in [-0.2, 0) is 29.2 Å². The predicted octanol–water partition coefficient (Wildman–Crippen LogP) is 1.41. The molecule has 0 bridgehead atoms. The van der Waals surface area contributed by atoms with Crippen molar-refractivity contribution in [3.05, 3.63) is 26.7 Å². The van der Waals surface area contributed by atoms with Crippen molar-refractivity contribution in [1.29, 1.82) is 0 Å². The molecule has 0 saturated heterocycles. The van der Waals surface area contributed by atoms with Gasteiger partial charge < -0.3 is 9.30 Å². The molecule has 2 aromatic heterocycles. The zero-order valence-corrected chi connectivity index (χ0v) is 14.9. The third-order valence-corrected chi connectivity index (χ3v) is 4.77. The quantitative estimate of drug-likeness (QED) is 0.763. The number of hydrogen-bond donors (Lipinski definition) is 1. The van der Waals surface area contributed by atoms with Crippen LogP contribution in [0, 0.1) is 11.8 Å². The average molecular weight is 348 g/mol. The Labute approximate surface area is 144 Å². The molecule has 8 nitrogen and oxygen atoms in total. The number of esters is 1. The third kappa shape index (κ3) is 3.25. The summed E-state index contributed by atoms with van der Waals surface area (Å²) in [6.45, 7) is 6.92. The van der Waals surface area contributed by atoms with Gasteiger partial charge in [0, 0.05) is 13.1 Å². The Morgan fingerprint density at radius 3 is 2.64 bits per heavy atom. The van der Waals surface area contributed by atoms with E-state index in [4.69, 9.17) is 4.74 Å². The molecule has 1 aliphatic rings. The molecule has 0 aromatic carbocycles. The fourth-order valence-electron chi connectivity index (χ4n) is 3.09. The van der Waals surface area contributed by atoms with Crippen molar-refractivity contribution in [3.63, 3.8) is 0 Å². The minimum Gasteiger partial charge on any atom is -0.457 e. The van der Waals surface area contributed by atoms with Gasteiger partial charge in [-0.05, 0) is 25.7 Å². The van der Waals surface area contributed by atoms with Crippen molar-refractivity contribution < 1.29 is 9.53 Å². The zero-order chi connectivity index (χ0) is 18.1. The highest BCUT2D eigenvalue weighted by molar-refractivity contribution is 5.75. The largest absolute Gasteiger partial charge is 0.457 e. The molecule has 25 heavy (non-hydrogen) atoms. The van der Waals surface area contributed by atoms with Crippen LogP contribution in [0.5, 0.6) is 0 Å². The Balaban J connectivity index is 1.98. The standard InChI is InChI=1S/C17H24N4O4/c1-4-6-7-21-14-13(15(22)19-17(21)24)20(5-2)12(18-14)9-25-16(23)11-8-10(11)3/h10-11H,4-9H2,1-3H3,(H,19,22,24). The number of aromatic nitrogens is 4. The number of rotatable bonds is 7. The van der Waals surface area contributed by atoms with Gasteiger partial charge in [-0.25, -0.2) is 9.78 Å². The molecule has 0 radical (unpaired) electrons. The van der Waals surface area contributed by atoms with Gasteiger partial charge in [0.05, 0.1) is 5.92 Å². The maximum absolute atomic E-state index is 12.3. The van der Waals surface area contributed by atoms with E-state index in [0.29, 0.717) is 36.0 Å². The molecule has 0 aliphatic heterocycles. The van der Waals surface area contributed by atoms with Gasteiger partial charge in [0.15, 0.2) is 11.2 Å². The second-order valence-corrected chi connectivity index (χ2v) is 6.64. The number of carbonyl (C=O) groups excluding carboxylic acids is 1. The molecule has 1 fully saturated rings. The van der Waals surface area contributed by atoms with Crippen molar-refractivity contribution in [1.82, 2.24) is 19.1 Å². The van der Waals surface area contributed by atoms with Crippen molar-refractivity contribution in [2.45, 2.75) is 59.7 Å². The van der Waals surface area contributed by atoms with Crippen LogP contribution < -0.4 is 11.2 Å². The van der Waals surface area contributed by atoms with Gasteiger partial charge in [0.2, 0.25) is 0 Å². The van der Waals surface area contributed by atoms with Crippen LogP contribution in [-0.4, -0.2) is 25.1 Å². The monoisotopic (exact) mass is 348 g/mol. The predicted molar refractivity (Wildman–Crippen MR) is 92.3 cm³/mol. The molecule has 2 heterocycles. The normalized spacial score (nSPS) is 19.3. The Hall–Kier alpha value is -2.38. The van der Waals surface area contributed by atoms with Crippen molar-refractivity contribution in [2.75, 3.05) is 0 Å². The molecule has 0 amide bonds. The molecule has 1 saturated carbocycles. The first kappa shape index (κ1) is 17.4. The van der Waals surface area contributed by atoms with Crippen LogP contribution in [0.25, 0.3) is 11.2 Å². The van der Waals surface area contributed by atoms with E-state index in [9.17, 15) is 14.4 Å². The number of hydrogen-bond acceptors (Lipinski definition) is 5. The van der Waals surface area contributed by atoms with Gasteiger partial charge in [-0.2, -0.15) is 0 Å². The molecule has 3 rings (SSSR count). The molecule has 1 N–H and O–H groups in total. The summed E-state index contributed by atoms with van der Waals surface area (Å²) in [6, 6.07) is 0. The molecule has 0 spiro atoms. The van der Waals surface area contributed by atoms with E-state index >= 15 is 0 Å². The van der Waals surface area contributed by atoms with Crippen LogP contribution in [0.3, 0.4) is 0 Å². The zero-order valence-electron chi connectivity index (χ0n) is 14.9. The highest BCUT2D eigenvalue weighted by Crippen LogP contribution is 2.38. The number of carbonyl (C=O) groups is 1. The molecular weight excluding hydrogens is 324 g/mol. The van der Waals surface area contributed by atoms with Crippen LogP contribution in [0.1, 0.15) is 45.9 Å². The van der Waals surface area contributed by atoms with E-state index in [1.165, 1.54) is 4.57 Å². The SMILES string of the molecule is CCCCn1c(=O)[nH]c(=O)c2c1nc(COC(=O)C1CC1C)n2CC. The first-order valence-electron chi connectivity index (χ1n) is 8.86. The minimum atomic E-state index is -0.463. The number of fused-ring (bicyclic) bond motifs is 1. The van der Waals surface area contributed by atoms with E-state index in [-0.39, 0.29) is 18.5 Å². The first-order valence-corrected chi connectivity index (χ1v) is 8.86. The van der Waals surface area contributed by atoms with Crippen molar-refractivity contribution >= 4 is 17.1 Å². The maximum atomic E-state index is 12.3. The lowest BCUT2D eigenvalue weighted by Gasteiger charge is -2.07. The van der Waals surface area contributed by atoms with Crippen LogP contribution in [0.2, 0.25) is 0 Å². The lowest BCUT2D eigenvalue weighted by atomic mass is 10.3. The summed E-state index contributed by atoms with van der Waals surface area (Å²) in [6.07, 6.45) is 2.59. The lowest BCUT2D eigenvalue weighted by molar-refractivity contribution is -0.147. The fourth-order valence-corrected chi connectivity index (χ4v) is 3.09. The second kappa shape index (κ2) is 6.85. The molecule has 2 unspecified atom stereocenters. The summed E-state index contributed by atoms with van der Waals surface area (Å²) in [5, 5.41) is 0. The van der Waals surface area contributed by atoms with E-state index in [1.807, 2.05) is 20.8 Å². The molecular formula is C17H24N4O4. The third-order valence-electron chi connectivity index (χ3n) is 4.77. The van der Waals surface area contributed by atoms with E-state index in [2.05, 4.69) is 9.97 Å². The Bertz CT molecular complexity index is 908. The smallest absolute Gasteiger partial charge is 0.330 e. The van der Waals surface area contributed by atoms with Gasteiger partial charge in [0.1, 0.15) is 12.4 Å². The molecule has 2 atom stereocenters. The minimum absolute atomic E-state index is 0.00593. The van der Waals surface area contributed by atoms with Gasteiger partial charge in [-0.15, -0.1) is 0 Å². The number of imidazole rings is 1. The summed E-state index contributed by atoms with van der Waals surface area (Å²) < 4.78 is 8.56. The second-order valence-electron chi connectivity index (χ2n) is 6.64. The van der Waals surface area contributed by atoms with E-state index in [1.54, 1.807) is 4.57 Å². The van der Waals surface area contributed by atoms with Crippen molar-refractivity contribution in [2.24, 2.45) is 11.8 Å². The lowest BCUT2D eigenvalue weighted by Crippen LogP contribution is -2.31. The van der Waals surface area contributed by atoms with Crippen LogP contribution >= 0.6 is 0 Å². The summed E-state index contributed by atoms with van der Waals surface area (Å²) in [4.78, 5) is 43.2. The summed E-state index contributed by atoms with van der Waals surface area (Å²) >= 11 is 0. The van der Waals surface area contributed by atoms with Gasteiger partial charge in [0.25, 0.3) is 5.56 Å². The number of H-pyrrole nitrogens is 1.